The number of aryl methyl sites for hydroxylation is 2. The molecule has 2 aromatic carbocycles. The molecule has 8 nitrogen and oxygen atoms in total. The lowest BCUT2D eigenvalue weighted by atomic mass is 10.1. The number of H-pyrrole nitrogens is 1. The SMILES string of the molecule is CCc1cccc2c(-c3nc4ccc([N+](=O)[O-])cc4[nH]c3=O)cn(CCCN)c12. The number of fused-ring (bicyclic) bond motifs is 2. The van der Waals surface area contributed by atoms with Crippen molar-refractivity contribution in [3.05, 3.63) is 68.6 Å². The highest BCUT2D eigenvalue weighted by atomic mass is 16.6. The normalized spacial score (nSPS) is 11.4. The van der Waals surface area contributed by atoms with Crippen LogP contribution >= 0.6 is 0 Å². The van der Waals surface area contributed by atoms with Crippen molar-refractivity contribution in [2.75, 3.05) is 6.54 Å². The number of rotatable bonds is 6. The predicted molar refractivity (Wildman–Crippen MR) is 113 cm³/mol. The van der Waals surface area contributed by atoms with Crippen LogP contribution in [-0.4, -0.2) is 26.0 Å². The number of nitro groups is 1. The lowest BCUT2D eigenvalue weighted by molar-refractivity contribution is -0.384. The van der Waals surface area contributed by atoms with Crippen LogP contribution in [0, 0.1) is 10.1 Å². The Morgan fingerprint density at radius 1 is 1.28 bits per heavy atom. The van der Waals surface area contributed by atoms with Crippen molar-refractivity contribution in [2.45, 2.75) is 26.3 Å². The van der Waals surface area contributed by atoms with Gasteiger partial charge >= 0.3 is 0 Å². The number of para-hydroxylation sites is 1. The molecule has 0 spiro atoms. The van der Waals surface area contributed by atoms with Crippen LogP contribution in [0.25, 0.3) is 33.2 Å². The van der Waals surface area contributed by atoms with E-state index in [0.717, 1.165) is 35.9 Å². The Morgan fingerprint density at radius 3 is 2.83 bits per heavy atom. The maximum atomic E-state index is 12.8. The van der Waals surface area contributed by atoms with Gasteiger partial charge in [-0.15, -0.1) is 0 Å². The van der Waals surface area contributed by atoms with E-state index in [1.54, 1.807) is 6.07 Å². The van der Waals surface area contributed by atoms with Gasteiger partial charge in [-0.05, 0) is 31.0 Å². The van der Waals surface area contributed by atoms with Crippen molar-refractivity contribution in [3.63, 3.8) is 0 Å². The van der Waals surface area contributed by atoms with E-state index in [4.69, 9.17) is 5.73 Å². The van der Waals surface area contributed by atoms with E-state index < -0.39 is 4.92 Å². The Kier molecular flexibility index (Phi) is 4.85. The zero-order valence-corrected chi connectivity index (χ0v) is 16.0. The molecule has 0 amide bonds. The molecule has 29 heavy (non-hydrogen) atoms. The lowest BCUT2D eigenvalue weighted by Crippen LogP contribution is -2.11. The standard InChI is InChI=1S/C21H21N5O3/c1-2-13-5-3-6-15-16(12-25(20(13)15)10-4-9-22)19-21(27)24-18-11-14(26(28)29)7-8-17(18)23-19/h3,5-8,11-12H,2,4,9-10,22H2,1H3,(H,24,27). The van der Waals surface area contributed by atoms with Crippen molar-refractivity contribution in [1.82, 2.24) is 14.5 Å². The van der Waals surface area contributed by atoms with E-state index in [9.17, 15) is 14.9 Å². The van der Waals surface area contributed by atoms with Gasteiger partial charge < -0.3 is 15.3 Å². The number of aromatic nitrogens is 3. The van der Waals surface area contributed by atoms with Crippen molar-refractivity contribution < 1.29 is 4.92 Å². The van der Waals surface area contributed by atoms with Crippen molar-refractivity contribution in [2.24, 2.45) is 5.73 Å². The van der Waals surface area contributed by atoms with Gasteiger partial charge in [-0.2, -0.15) is 0 Å². The summed E-state index contributed by atoms with van der Waals surface area (Å²) in [5, 5.41) is 12.0. The second-order valence-electron chi connectivity index (χ2n) is 6.92. The maximum Gasteiger partial charge on any atom is 0.275 e. The molecule has 8 heteroatoms. The van der Waals surface area contributed by atoms with Crippen LogP contribution in [0.5, 0.6) is 0 Å². The lowest BCUT2D eigenvalue weighted by Gasteiger charge is -2.07. The second kappa shape index (κ2) is 7.48. The van der Waals surface area contributed by atoms with Gasteiger partial charge in [0.25, 0.3) is 11.2 Å². The summed E-state index contributed by atoms with van der Waals surface area (Å²) in [6.07, 6.45) is 3.65. The summed E-state index contributed by atoms with van der Waals surface area (Å²) in [6, 6.07) is 10.3. The van der Waals surface area contributed by atoms with Crippen molar-refractivity contribution >= 4 is 27.6 Å². The fraction of sp³-hybridized carbons (Fsp3) is 0.238. The molecular formula is C21H21N5O3. The molecule has 0 aliphatic heterocycles. The van der Waals surface area contributed by atoms with E-state index in [1.165, 1.54) is 17.7 Å². The van der Waals surface area contributed by atoms with E-state index in [-0.39, 0.29) is 11.2 Å². The highest BCUT2D eigenvalue weighted by Gasteiger charge is 2.18. The molecule has 0 aliphatic carbocycles. The van der Waals surface area contributed by atoms with Crippen LogP contribution in [0.4, 0.5) is 5.69 Å². The van der Waals surface area contributed by atoms with Crippen LogP contribution in [0.3, 0.4) is 0 Å². The summed E-state index contributed by atoms with van der Waals surface area (Å²) >= 11 is 0. The van der Waals surface area contributed by atoms with Crippen molar-refractivity contribution in [3.8, 4) is 11.3 Å². The van der Waals surface area contributed by atoms with Gasteiger partial charge in [0.15, 0.2) is 0 Å². The Hall–Kier alpha value is -3.52. The zero-order valence-electron chi connectivity index (χ0n) is 16.0. The zero-order chi connectivity index (χ0) is 20.5. The minimum atomic E-state index is -0.497. The van der Waals surface area contributed by atoms with Gasteiger partial charge in [-0.25, -0.2) is 4.98 Å². The molecular weight excluding hydrogens is 370 g/mol. The number of non-ortho nitro benzene ring substituents is 1. The third-order valence-electron chi connectivity index (χ3n) is 5.11. The number of benzene rings is 2. The topological polar surface area (TPSA) is 120 Å². The first-order chi connectivity index (χ1) is 14.0. The fourth-order valence-corrected chi connectivity index (χ4v) is 3.72. The first-order valence-corrected chi connectivity index (χ1v) is 9.53. The van der Waals surface area contributed by atoms with Gasteiger partial charge in [0.05, 0.1) is 21.5 Å². The minimum Gasteiger partial charge on any atom is -0.347 e. The third kappa shape index (κ3) is 3.27. The summed E-state index contributed by atoms with van der Waals surface area (Å²) in [6.45, 7) is 3.43. The summed E-state index contributed by atoms with van der Waals surface area (Å²) < 4.78 is 2.14. The molecule has 3 N–H and O–H groups in total. The van der Waals surface area contributed by atoms with Crippen LogP contribution in [0.2, 0.25) is 0 Å². The quantitative estimate of drug-likeness (QED) is 0.386. The summed E-state index contributed by atoms with van der Waals surface area (Å²) in [5.74, 6) is 0. The third-order valence-corrected chi connectivity index (χ3v) is 5.11. The van der Waals surface area contributed by atoms with Gasteiger partial charge in [-0.3, -0.25) is 14.9 Å². The van der Waals surface area contributed by atoms with Crippen LogP contribution in [-0.2, 0) is 13.0 Å². The van der Waals surface area contributed by atoms with Gasteiger partial charge in [0, 0.05) is 35.8 Å². The Morgan fingerprint density at radius 2 is 2.10 bits per heavy atom. The average Bonchev–Trinajstić information content (AvgIpc) is 3.09. The number of hydrogen-bond donors (Lipinski definition) is 2. The molecule has 4 aromatic rings. The summed E-state index contributed by atoms with van der Waals surface area (Å²) in [4.78, 5) is 30.6. The molecule has 2 heterocycles. The number of nitrogens with zero attached hydrogens (tertiary/aromatic N) is 3. The number of nitro benzene ring substituents is 1. The fourth-order valence-electron chi connectivity index (χ4n) is 3.72. The average molecular weight is 391 g/mol. The molecule has 0 aliphatic rings. The summed E-state index contributed by atoms with van der Waals surface area (Å²) in [7, 11) is 0. The van der Waals surface area contributed by atoms with Crippen molar-refractivity contribution in [1.29, 1.82) is 0 Å². The van der Waals surface area contributed by atoms with Gasteiger partial charge in [0.2, 0.25) is 0 Å². The summed E-state index contributed by atoms with van der Waals surface area (Å²) in [5.41, 5.74) is 9.40. The predicted octanol–water partition coefficient (Wildman–Crippen LogP) is 3.36. The molecule has 0 radical (unpaired) electrons. The Balaban J connectivity index is 1.95. The number of nitrogens with two attached hydrogens (primary N) is 1. The molecule has 4 rings (SSSR count). The maximum absolute atomic E-state index is 12.8. The molecule has 0 saturated heterocycles. The molecule has 0 bridgehead atoms. The first-order valence-electron chi connectivity index (χ1n) is 9.53. The first kappa shape index (κ1) is 18.8. The molecule has 0 unspecified atom stereocenters. The monoisotopic (exact) mass is 391 g/mol. The number of aromatic amines is 1. The van der Waals surface area contributed by atoms with Crippen LogP contribution < -0.4 is 11.3 Å². The molecule has 2 aromatic heterocycles. The van der Waals surface area contributed by atoms with E-state index in [2.05, 4.69) is 27.5 Å². The highest BCUT2D eigenvalue weighted by Crippen LogP contribution is 2.31. The molecule has 148 valence electrons. The second-order valence-corrected chi connectivity index (χ2v) is 6.92. The molecule has 0 saturated carbocycles. The van der Waals surface area contributed by atoms with Crippen LogP contribution in [0.1, 0.15) is 18.9 Å². The van der Waals surface area contributed by atoms with Gasteiger partial charge in [-0.1, -0.05) is 25.1 Å². The molecule has 0 atom stereocenters. The molecule has 0 fully saturated rings. The minimum absolute atomic E-state index is 0.0892. The largest absolute Gasteiger partial charge is 0.347 e. The highest BCUT2D eigenvalue weighted by molar-refractivity contribution is 5.97. The van der Waals surface area contributed by atoms with E-state index in [1.807, 2.05) is 18.3 Å². The number of nitrogens with one attached hydrogen (secondary N) is 1. The Labute approximate surface area is 166 Å². The van der Waals surface area contributed by atoms with E-state index >= 15 is 0 Å². The van der Waals surface area contributed by atoms with Gasteiger partial charge in [0.1, 0.15) is 5.69 Å². The van der Waals surface area contributed by atoms with Crippen LogP contribution in [0.15, 0.2) is 47.4 Å². The Bertz CT molecular complexity index is 1290. The van der Waals surface area contributed by atoms with E-state index in [0.29, 0.717) is 23.3 Å². The smallest absolute Gasteiger partial charge is 0.275 e. The number of hydrogen-bond acceptors (Lipinski definition) is 5.